The number of methoxy groups -OCH3 is 2. The second-order valence-electron chi connectivity index (χ2n) is 4.82. The molecule has 0 aliphatic heterocycles. The third-order valence-corrected chi connectivity index (χ3v) is 4.99. The van der Waals surface area contributed by atoms with Gasteiger partial charge in [-0.3, -0.25) is 0 Å². The SMILES string of the molecule is COc1ccc(C(=O)O)cc1S(=O)(=O)NC1CC(OC)C1. The van der Waals surface area contributed by atoms with Crippen molar-refractivity contribution < 1.29 is 27.8 Å². The van der Waals surface area contributed by atoms with Crippen LogP contribution in [-0.4, -0.2) is 45.9 Å². The van der Waals surface area contributed by atoms with Crippen LogP contribution in [0.3, 0.4) is 0 Å². The molecule has 0 spiro atoms. The summed E-state index contributed by atoms with van der Waals surface area (Å²) in [6.45, 7) is 0. The highest BCUT2D eigenvalue weighted by Gasteiger charge is 2.33. The Balaban J connectivity index is 2.26. The lowest BCUT2D eigenvalue weighted by Crippen LogP contribution is -2.47. The van der Waals surface area contributed by atoms with Gasteiger partial charge in [-0.05, 0) is 31.0 Å². The minimum absolute atomic E-state index is 0.0601. The lowest BCUT2D eigenvalue weighted by molar-refractivity contribution is 0.0236. The number of carboxylic acid groups (broad SMARTS) is 1. The van der Waals surface area contributed by atoms with Crippen LogP contribution in [0.2, 0.25) is 0 Å². The summed E-state index contributed by atoms with van der Waals surface area (Å²) < 4.78 is 37.4. The van der Waals surface area contributed by atoms with Crippen LogP contribution in [-0.2, 0) is 14.8 Å². The van der Waals surface area contributed by atoms with E-state index in [1.54, 1.807) is 7.11 Å². The van der Waals surface area contributed by atoms with Gasteiger partial charge < -0.3 is 14.6 Å². The number of ether oxygens (including phenoxy) is 2. The van der Waals surface area contributed by atoms with E-state index in [4.69, 9.17) is 14.6 Å². The van der Waals surface area contributed by atoms with Gasteiger partial charge in [-0.1, -0.05) is 0 Å². The summed E-state index contributed by atoms with van der Waals surface area (Å²) in [5.41, 5.74) is -0.112. The Hall–Kier alpha value is -1.64. The van der Waals surface area contributed by atoms with Gasteiger partial charge in [0.05, 0.1) is 18.8 Å². The van der Waals surface area contributed by atoms with E-state index in [-0.39, 0.29) is 28.4 Å². The Morgan fingerprint density at radius 3 is 2.52 bits per heavy atom. The molecule has 0 atom stereocenters. The number of hydrogen-bond donors (Lipinski definition) is 2. The smallest absolute Gasteiger partial charge is 0.335 e. The van der Waals surface area contributed by atoms with Gasteiger partial charge in [-0.25, -0.2) is 17.9 Å². The fraction of sp³-hybridized carbons (Fsp3) is 0.462. The first-order chi connectivity index (χ1) is 9.87. The molecule has 1 aliphatic rings. The fourth-order valence-electron chi connectivity index (χ4n) is 2.16. The largest absolute Gasteiger partial charge is 0.495 e. The lowest BCUT2D eigenvalue weighted by Gasteiger charge is -2.34. The molecule has 0 bridgehead atoms. The minimum atomic E-state index is -3.84. The van der Waals surface area contributed by atoms with Crippen LogP contribution in [0.4, 0.5) is 0 Å². The average molecular weight is 315 g/mol. The third-order valence-electron chi connectivity index (χ3n) is 3.45. The first-order valence-electron chi connectivity index (χ1n) is 6.34. The van der Waals surface area contributed by atoms with E-state index in [0.717, 1.165) is 6.07 Å². The molecule has 8 heteroatoms. The molecule has 1 fully saturated rings. The van der Waals surface area contributed by atoms with Gasteiger partial charge in [0, 0.05) is 13.2 Å². The number of hydrogen-bond acceptors (Lipinski definition) is 5. The van der Waals surface area contributed by atoms with E-state index in [0.29, 0.717) is 12.8 Å². The Kier molecular flexibility index (Phi) is 4.50. The van der Waals surface area contributed by atoms with Crippen molar-refractivity contribution in [1.82, 2.24) is 4.72 Å². The fourth-order valence-corrected chi connectivity index (χ4v) is 3.61. The van der Waals surface area contributed by atoms with E-state index in [2.05, 4.69) is 4.72 Å². The van der Waals surface area contributed by atoms with Crippen molar-refractivity contribution in [3.8, 4) is 5.75 Å². The van der Waals surface area contributed by atoms with E-state index in [9.17, 15) is 13.2 Å². The summed E-state index contributed by atoms with van der Waals surface area (Å²) in [6, 6.07) is 3.51. The number of sulfonamides is 1. The van der Waals surface area contributed by atoms with Gasteiger partial charge in [0.1, 0.15) is 10.6 Å². The predicted molar refractivity (Wildman–Crippen MR) is 74.1 cm³/mol. The van der Waals surface area contributed by atoms with Crippen LogP contribution >= 0.6 is 0 Å². The first kappa shape index (κ1) is 15.7. The molecule has 0 saturated heterocycles. The minimum Gasteiger partial charge on any atom is -0.495 e. The molecule has 0 unspecified atom stereocenters. The predicted octanol–water partition coefficient (Wildman–Crippen LogP) is 0.849. The van der Waals surface area contributed by atoms with Crippen molar-refractivity contribution in [2.45, 2.75) is 29.9 Å². The molecule has 0 radical (unpaired) electrons. The van der Waals surface area contributed by atoms with E-state index in [1.165, 1.54) is 19.2 Å². The average Bonchev–Trinajstić information content (AvgIpc) is 2.41. The molecule has 0 heterocycles. The molecular weight excluding hydrogens is 298 g/mol. The van der Waals surface area contributed by atoms with Crippen LogP contribution < -0.4 is 9.46 Å². The zero-order chi connectivity index (χ0) is 15.6. The monoisotopic (exact) mass is 315 g/mol. The van der Waals surface area contributed by atoms with Crippen LogP contribution in [0.1, 0.15) is 23.2 Å². The normalized spacial score (nSPS) is 21.6. The first-order valence-corrected chi connectivity index (χ1v) is 7.82. The number of carbonyl (C=O) groups is 1. The van der Waals surface area contributed by atoms with Crippen LogP contribution in [0, 0.1) is 0 Å². The van der Waals surface area contributed by atoms with Crippen LogP contribution in [0.25, 0.3) is 0 Å². The Labute approximate surface area is 122 Å². The van der Waals surface area contributed by atoms with E-state index in [1.807, 2.05) is 0 Å². The Morgan fingerprint density at radius 2 is 2.00 bits per heavy atom. The van der Waals surface area contributed by atoms with Gasteiger partial charge in [0.2, 0.25) is 10.0 Å². The summed E-state index contributed by atoms with van der Waals surface area (Å²) in [5.74, 6) is -1.09. The molecule has 0 aromatic heterocycles. The van der Waals surface area contributed by atoms with Crippen molar-refractivity contribution in [2.75, 3.05) is 14.2 Å². The lowest BCUT2D eigenvalue weighted by atomic mass is 9.90. The quantitative estimate of drug-likeness (QED) is 0.807. The molecule has 7 nitrogen and oxygen atoms in total. The van der Waals surface area contributed by atoms with Gasteiger partial charge in [-0.2, -0.15) is 0 Å². The van der Waals surface area contributed by atoms with Crippen molar-refractivity contribution in [2.24, 2.45) is 0 Å². The highest BCUT2D eigenvalue weighted by molar-refractivity contribution is 7.89. The van der Waals surface area contributed by atoms with E-state index < -0.39 is 16.0 Å². The second-order valence-corrected chi connectivity index (χ2v) is 6.50. The Bertz CT molecular complexity index is 636. The molecular formula is C13H17NO6S. The maximum atomic E-state index is 12.4. The van der Waals surface area contributed by atoms with E-state index >= 15 is 0 Å². The molecule has 2 rings (SSSR count). The molecule has 1 aliphatic carbocycles. The summed E-state index contributed by atoms with van der Waals surface area (Å²) in [7, 11) is -0.934. The van der Waals surface area contributed by atoms with Crippen molar-refractivity contribution in [3.05, 3.63) is 23.8 Å². The summed E-state index contributed by atoms with van der Waals surface area (Å²) in [4.78, 5) is 10.8. The maximum absolute atomic E-state index is 12.4. The molecule has 1 saturated carbocycles. The molecule has 2 N–H and O–H groups in total. The molecule has 1 aromatic carbocycles. The summed E-state index contributed by atoms with van der Waals surface area (Å²) in [5, 5.41) is 8.97. The number of nitrogens with one attached hydrogen (secondary N) is 1. The zero-order valence-electron chi connectivity index (χ0n) is 11.7. The second kappa shape index (κ2) is 6.00. The van der Waals surface area contributed by atoms with Crippen molar-refractivity contribution in [1.29, 1.82) is 0 Å². The highest BCUT2D eigenvalue weighted by Crippen LogP contribution is 2.28. The van der Waals surface area contributed by atoms with Crippen molar-refractivity contribution in [3.63, 3.8) is 0 Å². The van der Waals surface area contributed by atoms with Gasteiger partial charge >= 0.3 is 5.97 Å². The standard InChI is InChI=1S/C13H17NO6S/c1-19-10-6-9(7-10)14-21(17,18)12-5-8(13(15)16)3-4-11(12)20-2/h3-5,9-10,14H,6-7H2,1-2H3,(H,15,16). The molecule has 21 heavy (non-hydrogen) atoms. The number of rotatable bonds is 6. The maximum Gasteiger partial charge on any atom is 0.335 e. The number of carboxylic acids is 1. The van der Waals surface area contributed by atoms with Gasteiger partial charge in [-0.15, -0.1) is 0 Å². The number of aromatic carboxylic acids is 1. The molecule has 0 amide bonds. The van der Waals surface area contributed by atoms with Gasteiger partial charge in [0.25, 0.3) is 0 Å². The van der Waals surface area contributed by atoms with Crippen LogP contribution in [0.5, 0.6) is 5.75 Å². The molecule has 1 aromatic rings. The van der Waals surface area contributed by atoms with Crippen LogP contribution in [0.15, 0.2) is 23.1 Å². The van der Waals surface area contributed by atoms with Gasteiger partial charge in [0.15, 0.2) is 0 Å². The Morgan fingerprint density at radius 1 is 1.33 bits per heavy atom. The highest BCUT2D eigenvalue weighted by atomic mass is 32.2. The summed E-state index contributed by atoms with van der Waals surface area (Å²) in [6.07, 6.45) is 1.25. The third kappa shape index (κ3) is 3.34. The topological polar surface area (TPSA) is 102 Å². The number of benzene rings is 1. The van der Waals surface area contributed by atoms with Crippen molar-refractivity contribution >= 4 is 16.0 Å². The molecule has 116 valence electrons. The zero-order valence-corrected chi connectivity index (χ0v) is 12.5. The summed E-state index contributed by atoms with van der Waals surface area (Å²) >= 11 is 0.